The first-order valence-electron chi connectivity index (χ1n) is 11.4. The molecule has 2 aromatic heterocycles. The Morgan fingerprint density at radius 2 is 1.65 bits per heavy atom. The highest BCUT2D eigenvalue weighted by molar-refractivity contribution is 7.80. The number of aromatic nitrogens is 2. The SMILES string of the molecule is COc1ccc(-n2c(C)ccc2C2C(c3ccccn3)NC(=S)N2c2ccc(C)c(C)c2)cc1. The molecule has 1 fully saturated rings. The fourth-order valence-corrected chi connectivity index (χ4v) is 5.03. The van der Waals surface area contributed by atoms with E-state index in [1.807, 2.05) is 30.5 Å². The Bertz CT molecular complexity index is 1330. The number of aryl methyl sites for hydroxylation is 3. The predicted molar refractivity (Wildman–Crippen MR) is 141 cm³/mol. The summed E-state index contributed by atoms with van der Waals surface area (Å²) in [5.74, 6) is 0.835. The van der Waals surface area contributed by atoms with Crippen LogP contribution in [0.4, 0.5) is 5.69 Å². The molecule has 4 aromatic rings. The zero-order chi connectivity index (χ0) is 23.8. The Labute approximate surface area is 206 Å². The Morgan fingerprint density at radius 1 is 0.882 bits per heavy atom. The number of hydrogen-bond donors (Lipinski definition) is 1. The van der Waals surface area contributed by atoms with Crippen LogP contribution in [0.15, 0.2) is 79.0 Å². The third kappa shape index (κ3) is 3.84. The molecule has 34 heavy (non-hydrogen) atoms. The second-order valence-corrected chi connectivity index (χ2v) is 9.08. The van der Waals surface area contributed by atoms with Crippen LogP contribution in [0.3, 0.4) is 0 Å². The van der Waals surface area contributed by atoms with E-state index in [-0.39, 0.29) is 12.1 Å². The van der Waals surface area contributed by atoms with E-state index in [2.05, 4.69) is 89.1 Å². The summed E-state index contributed by atoms with van der Waals surface area (Å²) >= 11 is 5.91. The Balaban J connectivity index is 1.69. The maximum Gasteiger partial charge on any atom is 0.174 e. The van der Waals surface area contributed by atoms with E-state index in [9.17, 15) is 0 Å². The van der Waals surface area contributed by atoms with Gasteiger partial charge in [0, 0.05) is 29.0 Å². The Morgan fingerprint density at radius 3 is 2.32 bits per heavy atom. The monoisotopic (exact) mass is 468 g/mol. The van der Waals surface area contributed by atoms with Crippen molar-refractivity contribution in [3.05, 3.63) is 107 Å². The first-order chi connectivity index (χ1) is 16.5. The predicted octanol–water partition coefficient (Wildman–Crippen LogP) is 5.98. The molecule has 0 spiro atoms. The van der Waals surface area contributed by atoms with Gasteiger partial charge in [-0.1, -0.05) is 12.1 Å². The standard InChI is InChI=1S/C28H28N4OS/c1-18-8-10-22(17-19(18)2)32-27(26(30-28(32)34)24-7-5-6-16-29-24)25-15-9-20(3)31(25)21-11-13-23(33-4)14-12-21/h5-17,26-27H,1-4H3,(H,30,34). The number of rotatable bonds is 5. The number of nitrogens with one attached hydrogen (secondary N) is 1. The third-order valence-electron chi connectivity index (χ3n) is 6.61. The minimum absolute atomic E-state index is 0.0830. The molecular formula is C28H28N4OS. The van der Waals surface area contributed by atoms with Crippen molar-refractivity contribution in [2.45, 2.75) is 32.9 Å². The van der Waals surface area contributed by atoms with Crippen LogP contribution in [-0.2, 0) is 0 Å². The normalized spacial score (nSPS) is 17.6. The molecule has 0 bridgehead atoms. The lowest BCUT2D eigenvalue weighted by molar-refractivity contribution is 0.414. The average molecular weight is 469 g/mol. The van der Waals surface area contributed by atoms with Crippen molar-refractivity contribution in [3.8, 4) is 11.4 Å². The number of pyridine rings is 1. The van der Waals surface area contributed by atoms with E-state index >= 15 is 0 Å². The highest BCUT2D eigenvalue weighted by atomic mass is 32.1. The summed E-state index contributed by atoms with van der Waals surface area (Å²) in [6, 6.07) is 24.9. The van der Waals surface area contributed by atoms with E-state index < -0.39 is 0 Å². The van der Waals surface area contributed by atoms with E-state index in [1.165, 1.54) is 11.1 Å². The van der Waals surface area contributed by atoms with Gasteiger partial charge in [-0.3, -0.25) is 4.98 Å². The lowest BCUT2D eigenvalue weighted by Crippen LogP contribution is -2.30. The largest absolute Gasteiger partial charge is 0.497 e. The molecular weight excluding hydrogens is 440 g/mol. The summed E-state index contributed by atoms with van der Waals surface area (Å²) in [5, 5.41) is 4.27. The summed E-state index contributed by atoms with van der Waals surface area (Å²) < 4.78 is 7.67. The van der Waals surface area contributed by atoms with Gasteiger partial charge in [-0.25, -0.2) is 0 Å². The highest BCUT2D eigenvalue weighted by Gasteiger charge is 2.42. The van der Waals surface area contributed by atoms with Crippen molar-refractivity contribution in [1.29, 1.82) is 0 Å². The van der Waals surface area contributed by atoms with Crippen LogP contribution in [0.1, 0.15) is 40.3 Å². The molecule has 5 nitrogen and oxygen atoms in total. The number of ether oxygens (including phenoxy) is 1. The smallest absolute Gasteiger partial charge is 0.174 e. The molecule has 1 aliphatic rings. The number of hydrogen-bond acceptors (Lipinski definition) is 3. The number of methoxy groups -OCH3 is 1. The Hall–Kier alpha value is -3.64. The molecule has 2 atom stereocenters. The Kier molecular flexibility index (Phi) is 5.84. The van der Waals surface area contributed by atoms with E-state index in [1.54, 1.807) is 7.11 Å². The van der Waals surface area contributed by atoms with Crippen LogP contribution in [0, 0.1) is 20.8 Å². The van der Waals surface area contributed by atoms with E-state index in [0.717, 1.165) is 34.2 Å². The molecule has 0 amide bonds. The zero-order valence-electron chi connectivity index (χ0n) is 19.8. The minimum atomic E-state index is -0.0957. The molecule has 0 saturated carbocycles. The fraction of sp³-hybridized carbons (Fsp3) is 0.214. The number of thiocarbonyl (C=S) groups is 1. The average Bonchev–Trinajstić information content (AvgIpc) is 3.40. The van der Waals surface area contributed by atoms with Crippen molar-refractivity contribution in [1.82, 2.24) is 14.9 Å². The van der Waals surface area contributed by atoms with Crippen molar-refractivity contribution in [2.24, 2.45) is 0 Å². The van der Waals surface area contributed by atoms with Gasteiger partial charge in [-0.15, -0.1) is 0 Å². The fourth-order valence-electron chi connectivity index (χ4n) is 4.68. The second kappa shape index (κ2) is 8.95. The molecule has 172 valence electrons. The molecule has 5 rings (SSSR count). The zero-order valence-corrected chi connectivity index (χ0v) is 20.6. The van der Waals surface area contributed by atoms with Crippen LogP contribution < -0.4 is 15.0 Å². The molecule has 6 heteroatoms. The van der Waals surface area contributed by atoms with E-state index in [0.29, 0.717) is 5.11 Å². The summed E-state index contributed by atoms with van der Waals surface area (Å²) in [6.45, 7) is 6.40. The van der Waals surface area contributed by atoms with Crippen LogP contribution >= 0.6 is 12.2 Å². The number of anilines is 1. The van der Waals surface area contributed by atoms with Gasteiger partial charge in [0.2, 0.25) is 0 Å². The number of benzene rings is 2. The topological polar surface area (TPSA) is 42.3 Å². The van der Waals surface area contributed by atoms with Gasteiger partial charge < -0.3 is 19.5 Å². The van der Waals surface area contributed by atoms with E-state index in [4.69, 9.17) is 17.0 Å². The molecule has 2 aromatic carbocycles. The molecule has 3 heterocycles. The molecule has 0 radical (unpaired) electrons. The summed E-state index contributed by atoms with van der Waals surface area (Å²) in [6.07, 6.45) is 1.84. The molecule has 1 aliphatic heterocycles. The van der Waals surface area contributed by atoms with Crippen molar-refractivity contribution in [3.63, 3.8) is 0 Å². The van der Waals surface area contributed by atoms with Crippen molar-refractivity contribution < 1.29 is 4.74 Å². The molecule has 1 N–H and O–H groups in total. The lowest BCUT2D eigenvalue weighted by atomic mass is 10.00. The molecule has 0 aliphatic carbocycles. The maximum atomic E-state index is 5.91. The summed E-state index contributed by atoms with van der Waals surface area (Å²) in [5.41, 5.74) is 7.90. The van der Waals surface area contributed by atoms with Gasteiger partial charge in [-0.05, 0) is 105 Å². The van der Waals surface area contributed by atoms with Gasteiger partial charge in [0.15, 0.2) is 5.11 Å². The lowest BCUT2D eigenvalue weighted by Gasteiger charge is -2.29. The minimum Gasteiger partial charge on any atom is -0.497 e. The maximum absolute atomic E-state index is 5.91. The van der Waals surface area contributed by atoms with Crippen LogP contribution in [-0.4, -0.2) is 21.8 Å². The first-order valence-corrected chi connectivity index (χ1v) is 11.8. The quantitative estimate of drug-likeness (QED) is 0.365. The number of nitrogens with zero attached hydrogens (tertiary/aromatic N) is 3. The van der Waals surface area contributed by atoms with Crippen LogP contribution in [0.2, 0.25) is 0 Å². The van der Waals surface area contributed by atoms with Gasteiger partial charge in [0.05, 0.1) is 18.8 Å². The van der Waals surface area contributed by atoms with Gasteiger partial charge in [0.25, 0.3) is 0 Å². The first kappa shape index (κ1) is 22.2. The third-order valence-corrected chi connectivity index (χ3v) is 6.92. The summed E-state index contributed by atoms with van der Waals surface area (Å²) in [4.78, 5) is 6.92. The molecule has 1 saturated heterocycles. The van der Waals surface area contributed by atoms with Gasteiger partial charge in [0.1, 0.15) is 11.8 Å². The van der Waals surface area contributed by atoms with Crippen molar-refractivity contribution in [2.75, 3.05) is 12.0 Å². The van der Waals surface area contributed by atoms with Gasteiger partial charge >= 0.3 is 0 Å². The van der Waals surface area contributed by atoms with Crippen LogP contribution in [0.25, 0.3) is 5.69 Å². The molecule has 2 unspecified atom stereocenters. The summed E-state index contributed by atoms with van der Waals surface area (Å²) in [7, 11) is 1.69. The highest BCUT2D eigenvalue weighted by Crippen LogP contribution is 2.43. The van der Waals surface area contributed by atoms with Crippen molar-refractivity contribution >= 4 is 23.0 Å². The van der Waals surface area contributed by atoms with Crippen LogP contribution in [0.5, 0.6) is 5.75 Å². The van der Waals surface area contributed by atoms with Gasteiger partial charge in [-0.2, -0.15) is 0 Å². The second-order valence-electron chi connectivity index (χ2n) is 8.70.